The van der Waals surface area contributed by atoms with Crippen LogP contribution in [0.1, 0.15) is 33.6 Å². The molecular formula is C11H20O. The second-order valence-corrected chi connectivity index (χ2v) is 3.31. The number of aliphatic hydroxyl groups is 1. The zero-order chi connectivity index (χ0) is 9.40. The summed E-state index contributed by atoms with van der Waals surface area (Å²) in [5.74, 6) is 0.322. The molecule has 0 fully saturated rings. The predicted octanol–water partition coefficient (Wildman–Crippen LogP) is 2.92. The first-order valence-corrected chi connectivity index (χ1v) is 4.64. The average molecular weight is 168 g/mol. The van der Waals surface area contributed by atoms with Gasteiger partial charge in [0.1, 0.15) is 0 Å². The molecular weight excluding hydrogens is 148 g/mol. The van der Waals surface area contributed by atoms with Gasteiger partial charge in [0.25, 0.3) is 0 Å². The summed E-state index contributed by atoms with van der Waals surface area (Å²) in [4.78, 5) is 0. The number of hydrogen-bond acceptors (Lipinski definition) is 1. The number of allylic oxidation sites excluding steroid dienone is 3. The van der Waals surface area contributed by atoms with Gasteiger partial charge in [0, 0.05) is 0 Å². The minimum Gasteiger partial charge on any atom is -0.389 e. The minimum atomic E-state index is -0.282. The normalized spacial score (nSPS) is 15.1. The van der Waals surface area contributed by atoms with Crippen molar-refractivity contribution in [3.05, 3.63) is 24.3 Å². The molecule has 70 valence electrons. The van der Waals surface area contributed by atoms with Crippen LogP contribution in [0.25, 0.3) is 0 Å². The fourth-order valence-electron chi connectivity index (χ4n) is 0.817. The zero-order valence-electron chi connectivity index (χ0n) is 8.33. The lowest BCUT2D eigenvalue weighted by atomic mass is 10.1. The van der Waals surface area contributed by atoms with E-state index in [1.165, 1.54) is 0 Å². The van der Waals surface area contributed by atoms with Crippen molar-refractivity contribution in [3.8, 4) is 0 Å². The van der Waals surface area contributed by atoms with Gasteiger partial charge < -0.3 is 5.11 Å². The van der Waals surface area contributed by atoms with Crippen molar-refractivity contribution >= 4 is 0 Å². The summed E-state index contributed by atoms with van der Waals surface area (Å²) >= 11 is 0. The van der Waals surface area contributed by atoms with E-state index in [9.17, 15) is 5.11 Å². The lowest BCUT2D eigenvalue weighted by molar-refractivity contribution is 0.172. The third kappa shape index (κ3) is 6.17. The molecule has 0 radical (unpaired) electrons. The lowest BCUT2D eigenvalue weighted by Gasteiger charge is -2.07. The van der Waals surface area contributed by atoms with Crippen LogP contribution in [-0.2, 0) is 0 Å². The van der Waals surface area contributed by atoms with Crippen LogP contribution in [0.3, 0.4) is 0 Å². The van der Waals surface area contributed by atoms with Gasteiger partial charge in [0.05, 0.1) is 6.10 Å². The fourth-order valence-corrected chi connectivity index (χ4v) is 0.817. The molecule has 1 atom stereocenters. The molecule has 0 aromatic rings. The Balaban J connectivity index is 3.48. The Morgan fingerprint density at radius 1 is 1.17 bits per heavy atom. The van der Waals surface area contributed by atoms with Gasteiger partial charge in [-0.15, -0.1) is 0 Å². The van der Waals surface area contributed by atoms with Crippen LogP contribution >= 0.6 is 0 Å². The van der Waals surface area contributed by atoms with E-state index >= 15 is 0 Å². The summed E-state index contributed by atoms with van der Waals surface area (Å²) in [5.41, 5.74) is 0. The van der Waals surface area contributed by atoms with Gasteiger partial charge in [-0.05, 0) is 25.7 Å². The molecule has 1 nitrogen and oxygen atoms in total. The van der Waals surface area contributed by atoms with E-state index in [0.29, 0.717) is 5.92 Å². The van der Waals surface area contributed by atoms with Gasteiger partial charge >= 0.3 is 0 Å². The molecule has 0 spiro atoms. The Kier molecular flexibility index (Phi) is 6.78. The molecule has 0 heterocycles. The monoisotopic (exact) mass is 168 g/mol. The fraction of sp³-hybridized carbons (Fsp3) is 0.636. The largest absolute Gasteiger partial charge is 0.389 e. The molecule has 0 rings (SSSR count). The van der Waals surface area contributed by atoms with Gasteiger partial charge in [-0.1, -0.05) is 38.2 Å². The summed E-state index contributed by atoms with van der Waals surface area (Å²) in [6, 6.07) is 0. The van der Waals surface area contributed by atoms with Crippen LogP contribution in [0, 0.1) is 5.92 Å². The average Bonchev–Trinajstić information content (AvgIpc) is 2.03. The molecule has 0 aromatic carbocycles. The maximum atomic E-state index is 9.38. The van der Waals surface area contributed by atoms with Crippen LogP contribution in [-0.4, -0.2) is 11.2 Å². The van der Waals surface area contributed by atoms with E-state index in [1.807, 2.05) is 39.0 Å². The first-order valence-electron chi connectivity index (χ1n) is 4.64. The van der Waals surface area contributed by atoms with Crippen molar-refractivity contribution < 1.29 is 5.11 Å². The molecule has 1 unspecified atom stereocenters. The molecule has 0 saturated heterocycles. The Hall–Kier alpha value is -0.560. The second kappa shape index (κ2) is 7.11. The zero-order valence-corrected chi connectivity index (χ0v) is 8.33. The number of hydrogen-bond donors (Lipinski definition) is 1. The minimum absolute atomic E-state index is 0.282. The molecule has 0 bridgehead atoms. The van der Waals surface area contributed by atoms with Gasteiger partial charge in [-0.3, -0.25) is 0 Å². The first kappa shape index (κ1) is 11.4. The molecule has 0 amide bonds. The van der Waals surface area contributed by atoms with Crippen LogP contribution in [0.15, 0.2) is 24.3 Å². The molecule has 0 aliphatic heterocycles. The Labute approximate surface area is 75.8 Å². The van der Waals surface area contributed by atoms with E-state index < -0.39 is 0 Å². The highest BCUT2D eigenvalue weighted by atomic mass is 16.3. The highest BCUT2D eigenvalue weighted by Gasteiger charge is 2.02. The Bertz CT molecular complexity index is 145. The SMILES string of the molecule is CC=CCCC=CC(O)C(C)C. The van der Waals surface area contributed by atoms with Crippen molar-refractivity contribution in [2.75, 3.05) is 0 Å². The maximum absolute atomic E-state index is 9.38. The van der Waals surface area contributed by atoms with Crippen molar-refractivity contribution in [1.29, 1.82) is 0 Å². The third-order valence-corrected chi connectivity index (χ3v) is 1.75. The summed E-state index contributed by atoms with van der Waals surface area (Å²) in [7, 11) is 0. The van der Waals surface area contributed by atoms with Crippen LogP contribution < -0.4 is 0 Å². The van der Waals surface area contributed by atoms with Crippen LogP contribution in [0.4, 0.5) is 0 Å². The number of unbranched alkanes of at least 4 members (excludes halogenated alkanes) is 1. The molecule has 1 N–H and O–H groups in total. The van der Waals surface area contributed by atoms with Gasteiger partial charge in [-0.25, -0.2) is 0 Å². The molecule has 0 aliphatic rings. The third-order valence-electron chi connectivity index (χ3n) is 1.75. The van der Waals surface area contributed by atoms with E-state index in [4.69, 9.17) is 0 Å². The molecule has 0 saturated carbocycles. The van der Waals surface area contributed by atoms with Crippen LogP contribution in [0.2, 0.25) is 0 Å². The molecule has 0 aliphatic carbocycles. The summed E-state index contributed by atoms with van der Waals surface area (Å²) in [6.45, 7) is 6.05. The summed E-state index contributed by atoms with van der Waals surface area (Å²) in [6.07, 6.45) is 9.92. The second-order valence-electron chi connectivity index (χ2n) is 3.31. The topological polar surface area (TPSA) is 20.2 Å². The molecule has 0 aromatic heterocycles. The van der Waals surface area contributed by atoms with Crippen LogP contribution in [0.5, 0.6) is 0 Å². The molecule has 12 heavy (non-hydrogen) atoms. The number of rotatable bonds is 5. The quantitative estimate of drug-likeness (QED) is 0.494. The predicted molar refractivity (Wildman–Crippen MR) is 54.0 cm³/mol. The van der Waals surface area contributed by atoms with Crippen molar-refractivity contribution in [2.24, 2.45) is 5.92 Å². The smallest absolute Gasteiger partial charge is 0.0743 e. The van der Waals surface area contributed by atoms with E-state index in [1.54, 1.807) is 0 Å². The first-order chi connectivity index (χ1) is 5.68. The van der Waals surface area contributed by atoms with Crippen molar-refractivity contribution in [1.82, 2.24) is 0 Å². The van der Waals surface area contributed by atoms with E-state index in [0.717, 1.165) is 12.8 Å². The molecule has 1 heteroatoms. The summed E-state index contributed by atoms with van der Waals surface area (Å²) < 4.78 is 0. The maximum Gasteiger partial charge on any atom is 0.0743 e. The Morgan fingerprint density at radius 3 is 2.25 bits per heavy atom. The van der Waals surface area contributed by atoms with E-state index in [2.05, 4.69) is 6.08 Å². The number of aliphatic hydroxyl groups excluding tert-OH is 1. The van der Waals surface area contributed by atoms with Gasteiger partial charge in [0.2, 0.25) is 0 Å². The lowest BCUT2D eigenvalue weighted by Crippen LogP contribution is -2.10. The van der Waals surface area contributed by atoms with Gasteiger partial charge in [0.15, 0.2) is 0 Å². The highest BCUT2D eigenvalue weighted by molar-refractivity contribution is 4.91. The summed E-state index contributed by atoms with van der Waals surface area (Å²) in [5, 5.41) is 9.38. The van der Waals surface area contributed by atoms with Gasteiger partial charge in [-0.2, -0.15) is 0 Å². The van der Waals surface area contributed by atoms with Crippen molar-refractivity contribution in [3.63, 3.8) is 0 Å². The standard InChI is InChI=1S/C11H20O/c1-4-5-6-7-8-9-11(12)10(2)3/h4-5,8-12H,6-7H2,1-3H3. The van der Waals surface area contributed by atoms with E-state index in [-0.39, 0.29) is 6.10 Å². The Morgan fingerprint density at radius 2 is 1.75 bits per heavy atom. The highest BCUT2D eigenvalue weighted by Crippen LogP contribution is 2.03. The van der Waals surface area contributed by atoms with Crippen molar-refractivity contribution in [2.45, 2.75) is 39.7 Å².